The number of nitrogens with zero attached hydrogens (tertiary/aromatic N) is 4. The van der Waals surface area contributed by atoms with Crippen molar-refractivity contribution in [2.75, 3.05) is 7.11 Å². The summed E-state index contributed by atoms with van der Waals surface area (Å²) in [6, 6.07) is 9.94. The van der Waals surface area contributed by atoms with E-state index in [1.807, 2.05) is 6.92 Å². The van der Waals surface area contributed by atoms with Crippen molar-refractivity contribution in [2.45, 2.75) is 26.1 Å². The van der Waals surface area contributed by atoms with Crippen LogP contribution in [0, 0.1) is 12.7 Å². The van der Waals surface area contributed by atoms with Gasteiger partial charge < -0.3 is 10.1 Å². The van der Waals surface area contributed by atoms with Crippen LogP contribution >= 0.6 is 0 Å². The molecule has 0 aliphatic rings. The fraction of sp³-hybridized carbons (Fsp3) is 0.208. The summed E-state index contributed by atoms with van der Waals surface area (Å²) in [5, 5.41) is 11.3. The molecule has 0 aliphatic heterocycles. The summed E-state index contributed by atoms with van der Waals surface area (Å²) in [6.45, 7) is 3.57. The summed E-state index contributed by atoms with van der Waals surface area (Å²) in [5.41, 5.74) is 1.33. The average molecular weight is 487 g/mol. The molecule has 1 unspecified atom stereocenters. The van der Waals surface area contributed by atoms with E-state index in [0.29, 0.717) is 5.69 Å². The zero-order valence-corrected chi connectivity index (χ0v) is 19.0. The summed E-state index contributed by atoms with van der Waals surface area (Å²) in [7, 11) is 1.34. The monoisotopic (exact) mass is 487 g/mol. The van der Waals surface area contributed by atoms with E-state index in [2.05, 4.69) is 15.5 Å². The number of ether oxygens (including phenoxy) is 1. The summed E-state index contributed by atoms with van der Waals surface area (Å²) < 4.78 is 60.5. The molecule has 0 saturated carbocycles. The van der Waals surface area contributed by atoms with Crippen molar-refractivity contribution < 1.29 is 27.1 Å². The molecular weight excluding hydrogens is 466 g/mol. The van der Waals surface area contributed by atoms with Gasteiger partial charge in [-0.3, -0.25) is 4.79 Å². The highest BCUT2D eigenvalue weighted by Crippen LogP contribution is 2.31. The molecule has 0 radical (unpaired) electrons. The number of alkyl halides is 3. The van der Waals surface area contributed by atoms with Gasteiger partial charge in [0, 0.05) is 11.3 Å². The molecule has 1 amide bonds. The topological polar surface area (TPSA) is 74.0 Å². The maximum Gasteiger partial charge on any atom is 0.416 e. The zero-order valence-electron chi connectivity index (χ0n) is 19.0. The number of nitrogens with one attached hydrogen (secondary N) is 1. The van der Waals surface area contributed by atoms with Gasteiger partial charge in [-0.25, -0.2) is 13.8 Å². The quantitative estimate of drug-likeness (QED) is 0.388. The van der Waals surface area contributed by atoms with E-state index in [4.69, 9.17) is 4.74 Å². The lowest BCUT2D eigenvalue weighted by atomic mass is 10.1. The average Bonchev–Trinajstić information content (AvgIpc) is 3.43. The number of methoxy groups -OCH3 is 1. The largest absolute Gasteiger partial charge is 0.493 e. The standard InChI is InChI=1S/C24H21F4N5O2/c1-14(20-12-29-33(15(20)2)18-9-7-17(25)8-10-18)30-23(34)22-21(35-3)13-32(31-22)19-6-4-5-16(11-19)24(26,27)28/h4-14H,1-3H3,(H,30,34). The Morgan fingerprint density at radius 3 is 2.49 bits per heavy atom. The van der Waals surface area contributed by atoms with E-state index in [-0.39, 0.29) is 22.9 Å². The summed E-state index contributed by atoms with van der Waals surface area (Å²) in [6.07, 6.45) is -1.58. The van der Waals surface area contributed by atoms with Crippen LogP contribution in [0.15, 0.2) is 60.9 Å². The minimum Gasteiger partial charge on any atom is -0.493 e. The second-order valence-corrected chi connectivity index (χ2v) is 7.81. The number of amides is 1. The highest BCUT2D eigenvalue weighted by Gasteiger charge is 2.31. The van der Waals surface area contributed by atoms with Crippen LogP contribution in [-0.4, -0.2) is 32.6 Å². The molecule has 1 N–H and O–H groups in total. The number of carbonyl (C=O) groups excluding carboxylic acids is 1. The molecule has 0 saturated heterocycles. The number of hydrogen-bond donors (Lipinski definition) is 1. The number of hydrogen-bond acceptors (Lipinski definition) is 4. The first kappa shape index (κ1) is 24.0. The predicted octanol–water partition coefficient (Wildman–Crippen LogP) is 5.02. The molecule has 0 aliphatic carbocycles. The Bertz CT molecular complexity index is 1360. The number of carbonyl (C=O) groups is 1. The van der Waals surface area contributed by atoms with Gasteiger partial charge in [0.15, 0.2) is 11.4 Å². The highest BCUT2D eigenvalue weighted by atomic mass is 19.4. The van der Waals surface area contributed by atoms with Gasteiger partial charge >= 0.3 is 6.18 Å². The Balaban J connectivity index is 1.57. The normalized spacial score (nSPS) is 12.4. The summed E-state index contributed by atoms with van der Waals surface area (Å²) in [4.78, 5) is 13.0. The molecule has 0 bridgehead atoms. The molecule has 35 heavy (non-hydrogen) atoms. The Hall–Kier alpha value is -4.15. The van der Waals surface area contributed by atoms with Crippen molar-refractivity contribution in [3.05, 3.63) is 89.3 Å². The third kappa shape index (κ3) is 4.88. The number of aromatic nitrogens is 4. The van der Waals surface area contributed by atoms with E-state index in [0.717, 1.165) is 28.1 Å². The maximum atomic E-state index is 13.2. The minimum absolute atomic E-state index is 0.0830. The molecular formula is C24H21F4N5O2. The van der Waals surface area contributed by atoms with E-state index < -0.39 is 23.7 Å². The smallest absolute Gasteiger partial charge is 0.416 e. The molecule has 0 spiro atoms. The van der Waals surface area contributed by atoms with Crippen molar-refractivity contribution in [3.63, 3.8) is 0 Å². The van der Waals surface area contributed by atoms with Crippen molar-refractivity contribution in [2.24, 2.45) is 0 Å². The molecule has 182 valence electrons. The fourth-order valence-electron chi connectivity index (χ4n) is 3.65. The van der Waals surface area contributed by atoms with Crippen LogP contribution in [0.4, 0.5) is 17.6 Å². The second-order valence-electron chi connectivity index (χ2n) is 7.81. The predicted molar refractivity (Wildman–Crippen MR) is 119 cm³/mol. The molecule has 4 aromatic rings. The van der Waals surface area contributed by atoms with Crippen LogP contribution in [-0.2, 0) is 6.18 Å². The molecule has 2 heterocycles. The van der Waals surface area contributed by atoms with Gasteiger partial charge in [-0.15, -0.1) is 0 Å². The molecule has 2 aromatic heterocycles. The van der Waals surface area contributed by atoms with Gasteiger partial charge in [-0.2, -0.15) is 23.4 Å². The van der Waals surface area contributed by atoms with Crippen LogP contribution < -0.4 is 10.1 Å². The van der Waals surface area contributed by atoms with Gasteiger partial charge in [0.25, 0.3) is 5.91 Å². The van der Waals surface area contributed by atoms with Gasteiger partial charge in [0.05, 0.1) is 42.5 Å². The molecule has 0 fully saturated rings. The van der Waals surface area contributed by atoms with Gasteiger partial charge in [0.2, 0.25) is 0 Å². The number of halogens is 4. The van der Waals surface area contributed by atoms with Gasteiger partial charge in [-0.1, -0.05) is 6.07 Å². The third-order valence-electron chi connectivity index (χ3n) is 5.49. The number of rotatable bonds is 6. The van der Waals surface area contributed by atoms with Gasteiger partial charge in [-0.05, 0) is 56.3 Å². The second kappa shape index (κ2) is 9.24. The molecule has 4 rings (SSSR count). The Morgan fingerprint density at radius 1 is 1.11 bits per heavy atom. The SMILES string of the molecule is COc1cn(-c2cccc(C(F)(F)F)c2)nc1C(=O)NC(C)c1cnn(-c2ccc(F)cc2)c1C. The van der Waals surface area contributed by atoms with Crippen LogP contribution in [0.25, 0.3) is 11.4 Å². The molecule has 1 atom stereocenters. The maximum absolute atomic E-state index is 13.2. The Labute approximate surface area is 197 Å². The summed E-state index contributed by atoms with van der Waals surface area (Å²) >= 11 is 0. The van der Waals surface area contributed by atoms with E-state index in [1.54, 1.807) is 29.9 Å². The van der Waals surface area contributed by atoms with Crippen LogP contribution in [0.2, 0.25) is 0 Å². The van der Waals surface area contributed by atoms with E-state index >= 15 is 0 Å². The first-order chi connectivity index (χ1) is 16.6. The molecule has 2 aromatic carbocycles. The molecule has 7 nitrogen and oxygen atoms in total. The first-order valence-electron chi connectivity index (χ1n) is 10.5. The minimum atomic E-state index is -4.51. The van der Waals surface area contributed by atoms with Crippen molar-refractivity contribution >= 4 is 5.91 Å². The van der Waals surface area contributed by atoms with Gasteiger partial charge in [0.1, 0.15) is 5.82 Å². The van der Waals surface area contributed by atoms with Crippen molar-refractivity contribution in [1.82, 2.24) is 24.9 Å². The van der Waals surface area contributed by atoms with Crippen molar-refractivity contribution in [1.29, 1.82) is 0 Å². The lowest BCUT2D eigenvalue weighted by Crippen LogP contribution is -2.27. The van der Waals surface area contributed by atoms with E-state index in [1.165, 1.54) is 37.6 Å². The lowest BCUT2D eigenvalue weighted by Gasteiger charge is -2.14. The van der Waals surface area contributed by atoms with Crippen LogP contribution in [0.5, 0.6) is 5.75 Å². The summed E-state index contributed by atoms with van der Waals surface area (Å²) in [5.74, 6) is -0.835. The Morgan fingerprint density at radius 2 is 1.83 bits per heavy atom. The zero-order chi connectivity index (χ0) is 25.3. The lowest BCUT2D eigenvalue weighted by molar-refractivity contribution is -0.137. The van der Waals surface area contributed by atoms with Crippen LogP contribution in [0.1, 0.15) is 40.3 Å². The highest BCUT2D eigenvalue weighted by molar-refractivity contribution is 5.95. The third-order valence-corrected chi connectivity index (χ3v) is 5.49. The first-order valence-corrected chi connectivity index (χ1v) is 10.5. The molecule has 11 heteroatoms. The Kier molecular flexibility index (Phi) is 6.33. The van der Waals surface area contributed by atoms with E-state index in [9.17, 15) is 22.4 Å². The van der Waals surface area contributed by atoms with Crippen molar-refractivity contribution in [3.8, 4) is 17.1 Å². The van der Waals surface area contributed by atoms with Crippen LogP contribution in [0.3, 0.4) is 0 Å². The number of benzene rings is 2. The fourth-order valence-corrected chi connectivity index (χ4v) is 3.65.